The van der Waals surface area contributed by atoms with Crippen molar-refractivity contribution in [2.45, 2.75) is 45.4 Å². The maximum absolute atomic E-state index is 10.2. The summed E-state index contributed by atoms with van der Waals surface area (Å²) in [6.07, 6.45) is 7.03. The predicted molar refractivity (Wildman–Crippen MR) is 50.1 cm³/mol. The fourth-order valence-corrected chi connectivity index (χ4v) is 1.46. The molecular weight excluding hydrogens is 183 g/mol. The molecule has 0 saturated heterocycles. The summed E-state index contributed by atoms with van der Waals surface area (Å²) in [5.74, 6) is 0.451. The SMILES string of the molecule is CCCCCCCCS(=O)O.[H-].[Na+]. The average Bonchev–Trinajstić information content (AvgIpc) is 1.96. The van der Waals surface area contributed by atoms with Crippen LogP contribution in [0, 0.1) is 0 Å². The molecular formula is C8H19NaO2S. The smallest absolute Gasteiger partial charge is 1.00 e. The fraction of sp³-hybridized carbons (Fsp3) is 1.00. The third-order valence-corrected chi connectivity index (χ3v) is 2.31. The molecule has 0 spiro atoms. The van der Waals surface area contributed by atoms with Crippen molar-refractivity contribution < 1.29 is 39.7 Å². The summed E-state index contributed by atoms with van der Waals surface area (Å²) in [4.78, 5) is 0. The van der Waals surface area contributed by atoms with Crippen LogP contribution in [0.3, 0.4) is 0 Å². The first-order chi connectivity index (χ1) is 5.27. The van der Waals surface area contributed by atoms with Crippen LogP contribution in [0.5, 0.6) is 0 Å². The van der Waals surface area contributed by atoms with Gasteiger partial charge in [0.2, 0.25) is 0 Å². The van der Waals surface area contributed by atoms with Gasteiger partial charge < -0.3 is 5.98 Å². The van der Waals surface area contributed by atoms with E-state index in [4.69, 9.17) is 4.55 Å². The van der Waals surface area contributed by atoms with Crippen LogP contribution in [-0.2, 0) is 11.1 Å². The minimum absolute atomic E-state index is 0. The van der Waals surface area contributed by atoms with Crippen molar-refractivity contribution >= 4 is 11.1 Å². The third kappa shape index (κ3) is 13.7. The van der Waals surface area contributed by atoms with E-state index >= 15 is 0 Å². The summed E-state index contributed by atoms with van der Waals surface area (Å²) in [6.45, 7) is 2.18. The summed E-state index contributed by atoms with van der Waals surface area (Å²) in [6, 6.07) is 0. The van der Waals surface area contributed by atoms with Crippen molar-refractivity contribution in [3.05, 3.63) is 0 Å². The first kappa shape index (κ1) is 15.6. The fourth-order valence-electron chi connectivity index (χ4n) is 1.01. The van der Waals surface area contributed by atoms with Gasteiger partial charge >= 0.3 is 29.6 Å². The Kier molecular flexibility index (Phi) is 15.7. The van der Waals surface area contributed by atoms with Crippen molar-refractivity contribution in [3.8, 4) is 0 Å². The largest absolute Gasteiger partial charge is 1.00 e. The quantitative estimate of drug-likeness (QED) is 0.349. The van der Waals surface area contributed by atoms with Crippen molar-refractivity contribution in [3.63, 3.8) is 0 Å². The van der Waals surface area contributed by atoms with Gasteiger partial charge in [-0.25, -0.2) is 4.21 Å². The Hall–Kier alpha value is 1.11. The average molecular weight is 202 g/mol. The molecule has 0 amide bonds. The number of hydrogen-bond donors (Lipinski definition) is 1. The Balaban J connectivity index is -0.000000500. The van der Waals surface area contributed by atoms with Crippen LogP contribution in [0.25, 0.3) is 0 Å². The molecule has 0 aromatic carbocycles. The monoisotopic (exact) mass is 202 g/mol. The first-order valence-electron chi connectivity index (χ1n) is 4.35. The van der Waals surface area contributed by atoms with Crippen LogP contribution in [-0.4, -0.2) is 14.5 Å². The van der Waals surface area contributed by atoms with E-state index in [2.05, 4.69) is 6.92 Å². The molecule has 0 aliphatic carbocycles. The molecule has 0 radical (unpaired) electrons. The number of hydrogen-bond acceptors (Lipinski definition) is 1. The maximum atomic E-state index is 10.2. The summed E-state index contributed by atoms with van der Waals surface area (Å²) in [5, 5.41) is 0. The van der Waals surface area contributed by atoms with Crippen LogP contribution in [0.2, 0.25) is 0 Å². The van der Waals surface area contributed by atoms with Crippen LogP contribution >= 0.6 is 0 Å². The van der Waals surface area contributed by atoms with E-state index in [1.165, 1.54) is 25.7 Å². The van der Waals surface area contributed by atoms with Gasteiger partial charge in [0.1, 0.15) is 0 Å². The molecule has 1 unspecified atom stereocenters. The van der Waals surface area contributed by atoms with Crippen LogP contribution < -0.4 is 29.6 Å². The van der Waals surface area contributed by atoms with Gasteiger partial charge in [-0.15, -0.1) is 0 Å². The van der Waals surface area contributed by atoms with Crippen molar-refractivity contribution in [2.24, 2.45) is 0 Å². The van der Waals surface area contributed by atoms with E-state index in [0.29, 0.717) is 5.75 Å². The van der Waals surface area contributed by atoms with Gasteiger partial charge in [0.15, 0.2) is 11.1 Å². The molecule has 0 rings (SSSR count). The minimum atomic E-state index is -1.57. The maximum Gasteiger partial charge on any atom is 1.00 e. The van der Waals surface area contributed by atoms with Gasteiger partial charge in [0.25, 0.3) is 0 Å². The van der Waals surface area contributed by atoms with Gasteiger partial charge in [-0.05, 0) is 6.42 Å². The van der Waals surface area contributed by atoms with Gasteiger partial charge in [-0.1, -0.05) is 39.0 Å². The second kappa shape index (κ2) is 12.1. The minimum Gasteiger partial charge on any atom is -1.00 e. The Morgan fingerprint density at radius 1 is 1.17 bits per heavy atom. The predicted octanol–water partition coefficient (Wildman–Crippen LogP) is -0.315. The zero-order chi connectivity index (χ0) is 8.53. The number of rotatable bonds is 7. The standard InChI is InChI=1S/C8H18O2S.Na.H/c1-2-3-4-5-6-7-8-11(9)10;;/h2-8H2,1H3,(H,9,10);;/q;+1;-1. The van der Waals surface area contributed by atoms with Crippen molar-refractivity contribution in [2.75, 3.05) is 5.75 Å². The molecule has 0 aromatic rings. The molecule has 0 heterocycles. The summed E-state index contributed by atoms with van der Waals surface area (Å²) >= 11 is -1.57. The molecule has 1 N–H and O–H groups in total. The van der Waals surface area contributed by atoms with Crippen molar-refractivity contribution in [1.29, 1.82) is 0 Å². The van der Waals surface area contributed by atoms with E-state index in [1.54, 1.807) is 0 Å². The van der Waals surface area contributed by atoms with Crippen LogP contribution in [0.4, 0.5) is 0 Å². The molecule has 0 aromatic heterocycles. The molecule has 2 nitrogen and oxygen atoms in total. The van der Waals surface area contributed by atoms with E-state index in [0.717, 1.165) is 12.8 Å². The molecule has 0 fully saturated rings. The molecule has 0 bridgehead atoms. The summed E-state index contributed by atoms with van der Waals surface area (Å²) in [7, 11) is 0. The molecule has 70 valence electrons. The van der Waals surface area contributed by atoms with Crippen molar-refractivity contribution in [1.82, 2.24) is 0 Å². The molecule has 4 heteroatoms. The van der Waals surface area contributed by atoms with Gasteiger partial charge in [0.05, 0.1) is 0 Å². The summed E-state index contributed by atoms with van der Waals surface area (Å²) < 4.78 is 18.6. The zero-order valence-corrected chi connectivity index (χ0v) is 11.0. The topological polar surface area (TPSA) is 37.3 Å². The molecule has 1 atom stereocenters. The Bertz CT molecular complexity index is 114. The molecule has 0 aliphatic heterocycles. The normalized spacial score (nSPS) is 12.2. The third-order valence-electron chi connectivity index (χ3n) is 1.67. The zero-order valence-electron chi connectivity index (χ0n) is 9.21. The van der Waals surface area contributed by atoms with Gasteiger partial charge in [-0.2, -0.15) is 0 Å². The second-order valence-electron chi connectivity index (χ2n) is 2.79. The van der Waals surface area contributed by atoms with E-state index < -0.39 is 11.1 Å². The number of unbranched alkanes of at least 4 members (excludes halogenated alkanes) is 5. The molecule has 0 aliphatic rings. The Morgan fingerprint density at radius 3 is 2.17 bits per heavy atom. The van der Waals surface area contributed by atoms with Gasteiger partial charge in [-0.3, -0.25) is 0 Å². The molecule has 12 heavy (non-hydrogen) atoms. The first-order valence-corrected chi connectivity index (χ1v) is 5.62. The van der Waals surface area contributed by atoms with Crippen LogP contribution in [0.1, 0.15) is 46.9 Å². The Morgan fingerprint density at radius 2 is 1.67 bits per heavy atom. The van der Waals surface area contributed by atoms with Crippen LogP contribution in [0.15, 0.2) is 0 Å². The van der Waals surface area contributed by atoms with E-state index in [9.17, 15) is 4.21 Å². The molecule has 0 saturated carbocycles. The van der Waals surface area contributed by atoms with E-state index in [-0.39, 0.29) is 31.0 Å². The summed E-state index contributed by atoms with van der Waals surface area (Å²) in [5.41, 5.74) is 0. The van der Waals surface area contributed by atoms with E-state index in [1.807, 2.05) is 0 Å². The second-order valence-corrected chi connectivity index (χ2v) is 3.84. The Labute approximate surface area is 102 Å². The van der Waals surface area contributed by atoms with Gasteiger partial charge in [0, 0.05) is 5.75 Å².